The Morgan fingerprint density at radius 1 is 0.970 bits per heavy atom. The van der Waals surface area contributed by atoms with E-state index in [2.05, 4.69) is 15.8 Å². The molecule has 0 fully saturated rings. The van der Waals surface area contributed by atoms with Crippen LogP contribution in [-0.2, 0) is 11.2 Å². The van der Waals surface area contributed by atoms with Crippen LogP contribution in [0.2, 0.25) is 0 Å². The molecular formula is C25H23N3O5. The van der Waals surface area contributed by atoms with Crippen LogP contribution < -0.4 is 10.7 Å². The first-order valence-electron chi connectivity index (χ1n) is 10.5. The van der Waals surface area contributed by atoms with E-state index in [-0.39, 0.29) is 17.2 Å². The van der Waals surface area contributed by atoms with E-state index in [1.165, 1.54) is 7.11 Å². The Labute approximate surface area is 190 Å². The van der Waals surface area contributed by atoms with E-state index in [0.717, 1.165) is 12.0 Å². The van der Waals surface area contributed by atoms with Crippen molar-refractivity contribution in [1.82, 2.24) is 5.43 Å². The van der Waals surface area contributed by atoms with Crippen LogP contribution >= 0.6 is 0 Å². The van der Waals surface area contributed by atoms with E-state index in [4.69, 9.17) is 9.15 Å². The minimum atomic E-state index is -0.551. The average Bonchev–Trinajstić information content (AvgIpc) is 3.20. The second-order valence-corrected chi connectivity index (χ2v) is 7.56. The first kappa shape index (κ1) is 22.0. The molecule has 0 saturated heterocycles. The number of aryl methyl sites for hydroxylation is 1. The first-order valence-corrected chi connectivity index (χ1v) is 10.5. The van der Waals surface area contributed by atoms with Gasteiger partial charge in [0.2, 0.25) is 0 Å². The number of carbonyl (C=O) groups is 3. The lowest BCUT2D eigenvalue weighted by Gasteiger charge is -2.13. The Kier molecular flexibility index (Phi) is 6.35. The molecule has 2 N–H and O–H groups in total. The maximum atomic E-state index is 13.0. The van der Waals surface area contributed by atoms with Crippen molar-refractivity contribution in [2.75, 3.05) is 12.4 Å². The highest BCUT2D eigenvalue weighted by atomic mass is 16.5. The Morgan fingerprint density at radius 2 is 1.70 bits per heavy atom. The number of hydrogen-bond acceptors (Lipinski definition) is 6. The monoisotopic (exact) mass is 445 g/mol. The number of esters is 1. The molecule has 33 heavy (non-hydrogen) atoms. The molecule has 0 saturated carbocycles. The van der Waals surface area contributed by atoms with Gasteiger partial charge in [0.1, 0.15) is 5.76 Å². The lowest BCUT2D eigenvalue weighted by atomic mass is 9.93. The molecular weight excluding hydrogens is 422 g/mol. The van der Waals surface area contributed by atoms with Gasteiger partial charge in [-0.3, -0.25) is 9.59 Å². The molecule has 2 amide bonds. The fraction of sp³-hybridized carbons (Fsp3) is 0.200. The third-order valence-electron chi connectivity index (χ3n) is 5.44. The number of ether oxygens (including phenoxy) is 1. The van der Waals surface area contributed by atoms with Crippen molar-refractivity contribution >= 4 is 29.2 Å². The summed E-state index contributed by atoms with van der Waals surface area (Å²) in [6.07, 6.45) is 2.09. The molecule has 1 aliphatic rings. The van der Waals surface area contributed by atoms with Crippen LogP contribution in [-0.4, -0.2) is 30.6 Å². The molecule has 0 atom stereocenters. The first-order chi connectivity index (χ1) is 16.0. The largest absolute Gasteiger partial charge is 0.465 e. The summed E-state index contributed by atoms with van der Waals surface area (Å²) in [5, 5.41) is 7.07. The third-order valence-corrected chi connectivity index (χ3v) is 5.44. The highest BCUT2D eigenvalue weighted by Gasteiger charge is 2.28. The van der Waals surface area contributed by atoms with Crippen molar-refractivity contribution in [3.63, 3.8) is 0 Å². The Balaban J connectivity index is 1.59. The number of fused-ring (bicyclic) bond motifs is 1. The van der Waals surface area contributed by atoms with Gasteiger partial charge in [-0.05, 0) is 44.0 Å². The Morgan fingerprint density at radius 3 is 2.45 bits per heavy atom. The number of nitrogens with one attached hydrogen (secondary N) is 2. The molecule has 8 heteroatoms. The van der Waals surface area contributed by atoms with E-state index < -0.39 is 11.9 Å². The zero-order valence-corrected chi connectivity index (χ0v) is 18.3. The maximum absolute atomic E-state index is 13.0. The van der Waals surface area contributed by atoms with E-state index >= 15 is 0 Å². The van der Waals surface area contributed by atoms with Gasteiger partial charge < -0.3 is 14.5 Å². The van der Waals surface area contributed by atoms with Crippen molar-refractivity contribution in [2.45, 2.75) is 26.2 Å². The number of methoxy groups -OCH3 is 1. The van der Waals surface area contributed by atoms with Crippen molar-refractivity contribution in [1.29, 1.82) is 0 Å². The number of nitrogens with zero attached hydrogens (tertiary/aromatic N) is 1. The summed E-state index contributed by atoms with van der Waals surface area (Å²) >= 11 is 0. The average molecular weight is 445 g/mol. The molecule has 0 bridgehead atoms. The fourth-order valence-corrected chi connectivity index (χ4v) is 3.83. The molecule has 1 heterocycles. The van der Waals surface area contributed by atoms with Gasteiger partial charge in [0.15, 0.2) is 5.76 Å². The summed E-state index contributed by atoms with van der Waals surface area (Å²) in [5.41, 5.74) is 5.70. The number of anilines is 1. The summed E-state index contributed by atoms with van der Waals surface area (Å²) in [6, 6.07) is 15.4. The van der Waals surface area contributed by atoms with Gasteiger partial charge in [0.05, 0.1) is 24.1 Å². The summed E-state index contributed by atoms with van der Waals surface area (Å²) < 4.78 is 10.7. The lowest BCUT2D eigenvalue weighted by Crippen LogP contribution is -2.22. The van der Waals surface area contributed by atoms with Crippen molar-refractivity contribution in [2.24, 2.45) is 5.10 Å². The summed E-state index contributed by atoms with van der Waals surface area (Å²) in [5.74, 6) is -0.550. The van der Waals surface area contributed by atoms with Crippen molar-refractivity contribution in [3.05, 3.63) is 88.4 Å². The topological polar surface area (TPSA) is 110 Å². The van der Waals surface area contributed by atoms with E-state index in [1.54, 1.807) is 55.5 Å². The van der Waals surface area contributed by atoms with E-state index in [1.807, 2.05) is 6.07 Å². The zero-order valence-electron chi connectivity index (χ0n) is 18.3. The van der Waals surface area contributed by atoms with E-state index in [9.17, 15) is 14.4 Å². The minimum absolute atomic E-state index is 0.142. The molecule has 4 rings (SSSR count). The molecule has 1 aromatic heterocycles. The number of rotatable bonds is 5. The van der Waals surface area contributed by atoms with Gasteiger partial charge in [-0.1, -0.05) is 30.3 Å². The van der Waals surface area contributed by atoms with Crippen LogP contribution in [0.1, 0.15) is 61.0 Å². The number of para-hydroxylation sites is 1. The summed E-state index contributed by atoms with van der Waals surface area (Å²) in [6.45, 7) is 1.78. The lowest BCUT2D eigenvalue weighted by molar-refractivity contribution is 0.0601. The van der Waals surface area contributed by atoms with Crippen LogP contribution in [0.3, 0.4) is 0 Å². The summed E-state index contributed by atoms with van der Waals surface area (Å²) in [7, 11) is 1.28. The van der Waals surface area contributed by atoms with Crippen molar-refractivity contribution < 1.29 is 23.5 Å². The number of benzene rings is 2. The number of hydrogen-bond donors (Lipinski definition) is 2. The van der Waals surface area contributed by atoms with Crippen LogP contribution in [0.5, 0.6) is 0 Å². The number of hydrazone groups is 1. The molecule has 0 unspecified atom stereocenters. The molecule has 0 spiro atoms. The minimum Gasteiger partial charge on any atom is -0.465 e. The van der Waals surface area contributed by atoms with Gasteiger partial charge in [0.25, 0.3) is 11.8 Å². The van der Waals surface area contributed by atoms with Crippen LogP contribution in [0.25, 0.3) is 0 Å². The Hall–Kier alpha value is -4.20. The van der Waals surface area contributed by atoms with Gasteiger partial charge in [0, 0.05) is 23.1 Å². The predicted octanol–water partition coefficient (Wildman–Crippen LogP) is 4.10. The SMILES string of the molecule is COC(=O)c1ccccc1NC(=O)c1oc2c(c1C)/C(=N/NC(=O)c1ccccc1)CCC2. The summed E-state index contributed by atoms with van der Waals surface area (Å²) in [4.78, 5) is 37.4. The number of furan rings is 1. The number of amides is 2. The molecule has 3 aromatic rings. The van der Waals surface area contributed by atoms with Crippen molar-refractivity contribution in [3.8, 4) is 0 Å². The smallest absolute Gasteiger partial charge is 0.339 e. The zero-order chi connectivity index (χ0) is 23.4. The standard InChI is InChI=1S/C25H23N3O5/c1-15-21-19(27-28-23(29)16-9-4-3-5-10-16)13-8-14-20(21)33-22(15)24(30)26-18-12-7-6-11-17(18)25(31)32-2/h3-7,9-12H,8,13-14H2,1-2H3,(H,26,30)(H,28,29)/b27-19+. The molecule has 2 aromatic carbocycles. The molecule has 168 valence electrons. The van der Waals surface area contributed by atoms with Crippen LogP contribution in [0.15, 0.2) is 64.1 Å². The fourth-order valence-electron chi connectivity index (χ4n) is 3.83. The highest BCUT2D eigenvalue weighted by Crippen LogP contribution is 2.30. The molecule has 0 radical (unpaired) electrons. The number of carbonyl (C=O) groups excluding carboxylic acids is 3. The molecule has 0 aliphatic heterocycles. The van der Waals surface area contributed by atoms with E-state index in [0.29, 0.717) is 41.1 Å². The van der Waals surface area contributed by atoms with Gasteiger partial charge in [-0.2, -0.15) is 5.10 Å². The molecule has 1 aliphatic carbocycles. The van der Waals surface area contributed by atoms with Crippen LogP contribution in [0, 0.1) is 6.92 Å². The Bertz CT molecular complexity index is 1240. The normalized spacial score (nSPS) is 13.8. The van der Waals surface area contributed by atoms with Gasteiger partial charge in [-0.15, -0.1) is 0 Å². The second-order valence-electron chi connectivity index (χ2n) is 7.56. The quantitative estimate of drug-likeness (QED) is 0.454. The highest BCUT2D eigenvalue weighted by molar-refractivity contribution is 6.11. The second kappa shape index (κ2) is 9.52. The van der Waals surface area contributed by atoms with Gasteiger partial charge >= 0.3 is 5.97 Å². The predicted molar refractivity (Wildman–Crippen MR) is 123 cm³/mol. The maximum Gasteiger partial charge on any atom is 0.339 e. The molecule has 8 nitrogen and oxygen atoms in total. The van der Waals surface area contributed by atoms with Gasteiger partial charge in [-0.25, -0.2) is 10.2 Å². The third kappa shape index (κ3) is 4.55. The van der Waals surface area contributed by atoms with Crippen LogP contribution in [0.4, 0.5) is 5.69 Å².